The van der Waals surface area contributed by atoms with E-state index in [1.165, 1.54) is 0 Å². The van der Waals surface area contributed by atoms with E-state index in [4.69, 9.17) is 15.1 Å². The lowest BCUT2D eigenvalue weighted by atomic mass is 10.2. The molecule has 0 radical (unpaired) electrons. The fourth-order valence-electron chi connectivity index (χ4n) is 1.91. The molecule has 1 aromatic carbocycles. The van der Waals surface area contributed by atoms with Crippen LogP contribution in [0.5, 0.6) is 0 Å². The Morgan fingerprint density at radius 3 is 2.65 bits per heavy atom. The Hall–Kier alpha value is -1.91. The van der Waals surface area contributed by atoms with Gasteiger partial charge in [0.05, 0.1) is 17.3 Å². The summed E-state index contributed by atoms with van der Waals surface area (Å²) in [5.74, 6) is -1.45. The second-order valence-electron chi connectivity index (χ2n) is 4.32. The van der Waals surface area contributed by atoms with Crippen molar-refractivity contribution in [1.82, 2.24) is 0 Å². The first-order valence-electron chi connectivity index (χ1n) is 5.90. The van der Waals surface area contributed by atoms with Crippen LogP contribution in [0, 0.1) is 11.3 Å². The van der Waals surface area contributed by atoms with Gasteiger partial charge < -0.3 is 15.2 Å². The number of carboxylic acid groups (broad SMARTS) is 1. The van der Waals surface area contributed by atoms with Crippen LogP contribution in [-0.4, -0.2) is 29.2 Å². The van der Waals surface area contributed by atoms with E-state index in [1.54, 1.807) is 18.2 Å². The van der Waals surface area contributed by atoms with Crippen molar-refractivity contribution in [3.8, 4) is 6.07 Å². The van der Waals surface area contributed by atoms with Crippen molar-refractivity contribution in [3.05, 3.63) is 28.2 Å². The molecule has 104 valence electrons. The van der Waals surface area contributed by atoms with E-state index in [1.807, 2.05) is 6.07 Å². The van der Waals surface area contributed by atoms with Crippen LogP contribution in [0.2, 0.25) is 0 Å². The smallest absolute Gasteiger partial charge is 0.332 e. The first kappa shape index (κ1) is 14.5. The maximum atomic E-state index is 12.0. The number of rotatable bonds is 3. The van der Waals surface area contributed by atoms with E-state index in [0.29, 0.717) is 28.6 Å². The predicted octanol–water partition coefficient (Wildman–Crippen LogP) is 1.89. The zero-order valence-corrected chi connectivity index (χ0v) is 11.9. The van der Waals surface area contributed by atoms with Crippen molar-refractivity contribution < 1.29 is 19.4 Å². The van der Waals surface area contributed by atoms with Gasteiger partial charge in [-0.3, -0.25) is 4.79 Å². The number of nitriles is 1. The Morgan fingerprint density at radius 2 is 2.10 bits per heavy atom. The van der Waals surface area contributed by atoms with Crippen molar-refractivity contribution in [2.75, 3.05) is 5.32 Å². The van der Waals surface area contributed by atoms with Crippen LogP contribution in [-0.2, 0) is 14.3 Å². The summed E-state index contributed by atoms with van der Waals surface area (Å²) in [5, 5.41) is 20.2. The molecule has 1 aromatic rings. The first-order valence-corrected chi connectivity index (χ1v) is 6.69. The van der Waals surface area contributed by atoms with E-state index < -0.39 is 18.2 Å². The Morgan fingerprint density at radius 1 is 1.40 bits per heavy atom. The lowest BCUT2D eigenvalue weighted by molar-refractivity contribution is -0.150. The van der Waals surface area contributed by atoms with E-state index in [-0.39, 0.29) is 5.91 Å². The van der Waals surface area contributed by atoms with E-state index >= 15 is 0 Å². The number of hydrogen-bond acceptors (Lipinski definition) is 4. The van der Waals surface area contributed by atoms with Gasteiger partial charge in [-0.1, -0.05) is 0 Å². The maximum absolute atomic E-state index is 12.0. The van der Waals surface area contributed by atoms with Crippen LogP contribution in [0.4, 0.5) is 5.69 Å². The maximum Gasteiger partial charge on any atom is 0.332 e. The Kier molecular flexibility index (Phi) is 4.37. The zero-order valence-electron chi connectivity index (χ0n) is 10.3. The summed E-state index contributed by atoms with van der Waals surface area (Å²) in [7, 11) is 0. The molecular formula is C13H11BrN2O4. The molecule has 6 nitrogen and oxygen atoms in total. The quantitative estimate of drug-likeness (QED) is 0.876. The van der Waals surface area contributed by atoms with Crippen LogP contribution >= 0.6 is 15.9 Å². The highest BCUT2D eigenvalue weighted by Crippen LogP contribution is 2.26. The third-order valence-corrected chi connectivity index (χ3v) is 3.60. The molecule has 2 unspecified atom stereocenters. The minimum atomic E-state index is -1.06. The van der Waals surface area contributed by atoms with Gasteiger partial charge in [0.1, 0.15) is 6.10 Å². The number of benzene rings is 1. The normalized spacial score (nSPS) is 21.2. The van der Waals surface area contributed by atoms with Crippen molar-refractivity contribution >= 4 is 33.5 Å². The molecule has 0 bridgehead atoms. The van der Waals surface area contributed by atoms with E-state index in [9.17, 15) is 9.59 Å². The Bertz CT molecular complexity index is 597. The summed E-state index contributed by atoms with van der Waals surface area (Å²) < 4.78 is 5.74. The molecule has 1 saturated heterocycles. The molecule has 0 saturated carbocycles. The van der Waals surface area contributed by atoms with Gasteiger partial charge in [-0.15, -0.1) is 0 Å². The number of halogens is 1. The molecule has 2 rings (SSSR count). The minimum absolute atomic E-state index is 0.321. The number of carbonyl (C=O) groups is 2. The average molecular weight is 339 g/mol. The van der Waals surface area contributed by atoms with Crippen molar-refractivity contribution in [2.45, 2.75) is 25.0 Å². The van der Waals surface area contributed by atoms with Gasteiger partial charge in [-0.25, -0.2) is 4.79 Å². The number of aliphatic carboxylic acids is 1. The zero-order chi connectivity index (χ0) is 14.7. The fourth-order valence-corrected chi connectivity index (χ4v) is 2.39. The van der Waals surface area contributed by atoms with Gasteiger partial charge >= 0.3 is 5.97 Å². The number of nitrogens with zero attached hydrogens (tertiary/aromatic N) is 1. The largest absolute Gasteiger partial charge is 0.479 e. The molecule has 7 heteroatoms. The first-order chi connectivity index (χ1) is 9.51. The molecule has 0 aromatic heterocycles. The number of ether oxygens (including phenoxy) is 1. The lowest BCUT2D eigenvalue weighted by Crippen LogP contribution is -2.30. The van der Waals surface area contributed by atoms with Gasteiger partial charge in [0.15, 0.2) is 6.10 Å². The highest BCUT2D eigenvalue weighted by atomic mass is 79.9. The second kappa shape index (κ2) is 6.03. The molecule has 1 amide bonds. The van der Waals surface area contributed by atoms with Gasteiger partial charge in [-0.05, 0) is 47.0 Å². The van der Waals surface area contributed by atoms with Crippen molar-refractivity contribution in [1.29, 1.82) is 5.26 Å². The Labute approximate surface area is 123 Å². The average Bonchev–Trinajstić information content (AvgIpc) is 2.91. The van der Waals surface area contributed by atoms with Crippen LogP contribution in [0.1, 0.15) is 18.4 Å². The number of anilines is 1. The highest BCUT2D eigenvalue weighted by molar-refractivity contribution is 9.10. The molecule has 1 aliphatic heterocycles. The summed E-state index contributed by atoms with van der Waals surface area (Å²) in [6.07, 6.45) is -0.993. The number of hydrogen-bond donors (Lipinski definition) is 2. The molecule has 20 heavy (non-hydrogen) atoms. The van der Waals surface area contributed by atoms with Gasteiger partial charge in [0.25, 0.3) is 5.91 Å². The summed E-state index contributed by atoms with van der Waals surface area (Å²) in [6, 6.07) is 6.76. The number of carbonyl (C=O) groups excluding carboxylic acids is 1. The van der Waals surface area contributed by atoms with Crippen LogP contribution in [0.25, 0.3) is 0 Å². The van der Waals surface area contributed by atoms with Crippen LogP contribution in [0.3, 0.4) is 0 Å². The number of amides is 1. The summed E-state index contributed by atoms with van der Waals surface area (Å²) in [4.78, 5) is 22.7. The standard InChI is InChI=1S/C13H11BrN2O4/c14-8-5-7(6-15)1-2-9(8)16-12(17)10-3-4-11(20-10)13(18)19/h1-2,5,10-11H,3-4H2,(H,16,17)(H,18,19). The van der Waals surface area contributed by atoms with Crippen molar-refractivity contribution in [3.63, 3.8) is 0 Å². The molecule has 1 fully saturated rings. The number of carboxylic acids is 1. The molecule has 1 heterocycles. The summed E-state index contributed by atoms with van der Waals surface area (Å²) in [5.41, 5.74) is 0.981. The molecular weight excluding hydrogens is 328 g/mol. The van der Waals surface area contributed by atoms with Gasteiger partial charge in [0.2, 0.25) is 0 Å². The topological polar surface area (TPSA) is 99.4 Å². The predicted molar refractivity (Wildman–Crippen MR) is 73.0 cm³/mol. The fraction of sp³-hybridized carbons (Fsp3) is 0.308. The van der Waals surface area contributed by atoms with Crippen LogP contribution < -0.4 is 5.32 Å². The monoisotopic (exact) mass is 338 g/mol. The lowest BCUT2D eigenvalue weighted by Gasteiger charge is -2.12. The molecule has 0 aliphatic carbocycles. The second-order valence-corrected chi connectivity index (χ2v) is 5.18. The molecule has 2 atom stereocenters. The van der Waals surface area contributed by atoms with Gasteiger partial charge in [-0.2, -0.15) is 5.26 Å². The summed E-state index contributed by atoms with van der Waals surface area (Å²) >= 11 is 3.26. The summed E-state index contributed by atoms with van der Waals surface area (Å²) in [6.45, 7) is 0. The molecule has 2 N–H and O–H groups in total. The van der Waals surface area contributed by atoms with Crippen LogP contribution in [0.15, 0.2) is 22.7 Å². The van der Waals surface area contributed by atoms with Gasteiger partial charge in [0, 0.05) is 4.47 Å². The van der Waals surface area contributed by atoms with E-state index in [0.717, 1.165) is 0 Å². The third kappa shape index (κ3) is 3.15. The Balaban J connectivity index is 2.02. The van der Waals surface area contributed by atoms with Crippen molar-refractivity contribution in [2.24, 2.45) is 0 Å². The third-order valence-electron chi connectivity index (χ3n) is 2.94. The minimum Gasteiger partial charge on any atom is -0.479 e. The number of nitrogens with one attached hydrogen (secondary N) is 1. The molecule has 1 aliphatic rings. The SMILES string of the molecule is N#Cc1ccc(NC(=O)C2CCC(C(=O)O)O2)c(Br)c1. The molecule has 0 spiro atoms. The highest BCUT2D eigenvalue weighted by Gasteiger charge is 2.34. The van der Waals surface area contributed by atoms with E-state index in [2.05, 4.69) is 21.2 Å².